The van der Waals surface area contributed by atoms with Crippen molar-refractivity contribution in [2.24, 2.45) is 0 Å². The number of nitrogens with zero attached hydrogens (tertiary/aromatic N) is 1. The predicted molar refractivity (Wildman–Crippen MR) is 113 cm³/mol. The average molecular weight is 416 g/mol. The van der Waals surface area contributed by atoms with Crippen molar-refractivity contribution < 1.29 is 14.3 Å². The summed E-state index contributed by atoms with van der Waals surface area (Å²) < 4.78 is 5.24. The van der Waals surface area contributed by atoms with E-state index in [0.717, 1.165) is 37.2 Å². The number of halogens is 1. The molecule has 0 spiro atoms. The number of amides is 2. The summed E-state index contributed by atoms with van der Waals surface area (Å²) in [7, 11) is 1.64. The monoisotopic (exact) mass is 415 g/mol. The highest BCUT2D eigenvalue weighted by Crippen LogP contribution is 2.26. The number of nitrogens with one attached hydrogen (secondary N) is 2. The number of likely N-dealkylation sites (tertiary alicyclic amines) is 1. The Morgan fingerprint density at radius 3 is 2.41 bits per heavy atom. The Morgan fingerprint density at radius 1 is 1.07 bits per heavy atom. The van der Waals surface area contributed by atoms with Crippen molar-refractivity contribution >= 4 is 23.4 Å². The maximum Gasteiger partial charge on any atom is 0.253 e. The average Bonchev–Trinajstić information content (AvgIpc) is 3.27. The molecule has 1 aliphatic rings. The van der Waals surface area contributed by atoms with Crippen LogP contribution in [0.1, 0.15) is 34.8 Å². The Kier molecular flexibility index (Phi) is 7.49. The summed E-state index contributed by atoms with van der Waals surface area (Å²) in [5.41, 5.74) is 1.49. The molecule has 0 saturated carbocycles. The van der Waals surface area contributed by atoms with Crippen LogP contribution in [0.5, 0.6) is 5.75 Å². The first-order chi connectivity index (χ1) is 14.1. The highest BCUT2D eigenvalue weighted by molar-refractivity contribution is 6.33. The maximum atomic E-state index is 12.3. The van der Waals surface area contributed by atoms with Gasteiger partial charge in [0.2, 0.25) is 5.91 Å². The van der Waals surface area contributed by atoms with E-state index in [9.17, 15) is 9.59 Å². The molecule has 0 bridgehead atoms. The van der Waals surface area contributed by atoms with Gasteiger partial charge >= 0.3 is 0 Å². The van der Waals surface area contributed by atoms with Gasteiger partial charge < -0.3 is 15.4 Å². The van der Waals surface area contributed by atoms with Gasteiger partial charge in [-0.25, -0.2) is 0 Å². The first-order valence-electron chi connectivity index (χ1n) is 9.76. The van der Waals surface area contributed by atoms with Crippen molar-refractivity contribution in [3.63, 3.8) is 0 Å². The van der Waals surface area contributed by atoms with Crippen LogP contribution in [0.4, 0.5) is 0 Å². The van der Waals surface area contributed by atoms with Gasteiger partial charge in [-0.2, -0.15) is 0 Å². The standard InChI is InChI=1S/C22H26ClN3O3/c1-29-17-10-8-16(9-11-17)20(26-12-4-5-13-26)14-24-21(27)15-25-22(28)18-6-2-3-7-19(18)23/h2-3,6-11,20H,4-5,12-15H2,1H3,(H,24,27)(H,25,28)/t20-/m0/s1. The molecule has 2 amide bonds. The van der Waals surface area contributed by atoms with Crippen LogP contribution in [0.2, 0.25) is 5.02 Å². The fourth-order valence-corrected chi connectivity index (χ4v) is 3.73. The number of hydrogen-bond acceptors (Lipinski definition) is 4. The van der Waals surface area contributed by atoms with Crippen molar-refractivity contribution in [2.45, 2.75) is 18.9 Å². The van der Waals surface area contributed by atoms with E-state index in [1.807, 2.05) is 24.3 Å². The zero-order chi connectivity index (χ0) is 20.6. The van der Waals surface area contributed by atoms with Crippen LogP contribution in [0.25, 0.3) is 0 Å². The zero-order valence-electron chi connectivity index (χ0n) is 16.5. The molecule has 2 aromatic carbocycles. The number of hydrogen-bond donors (Lipinski definition) is 2. The van der Waals surface area contributed by atoms with E-state index in [2.05, 4.69) is 15.5 Å². The molecule has 0 aliphatic carbocycles. The Labute approximate surface area is 176 Å². The lowest BCUT2D eigenvalue weighted by Crippen LogP contribution is -2.41. The Morgan fingerprint density at radius 2 is 1.76 bits per heavy atom. The fourth-order valence-electron chi connectivity index (χ4n) is 3.51. The predicted octanol–water partition coefficient (Wildman–Crippen LogP) is 3.03. The second-order valence-corrected chi connectivity index (χ2v) is 7.41. The van der Waals surface area contributed by atoms with Crippen molar-refractivity contribution in [3.05, 3.63) is 64.7 Å². The lowest BCUT2D eigenvalue weighted by molar-refractivity contribution is -0.120. The molecule has 2 N–H and O–H groups in total. The van der Waals surface area contributed by atoms with Crippen LogP contribution in [-0.2, 0) is 4.79 Å². The SMILES string of the molecule is COc1ccc([C@H](CNC(=O)CNC(=O)c2ccccc2Cl)N2CCCC2)cc1. The van der Waals surface area contributed by atoms with Gasteiger partial charge in [-0.15, -0.1) is 0 Å². The molecule has 7 heteroatoms. The summed E-state index contributed by atoms with van der Waals surface area (Å²) >= 11 is 6.02. The van der Waals surface area contributed by atoms with Gasteiger partial charge in [-0.05, 0) is 55.8 Å². The highest BCUT2D eigenvalue weighted by Gasteiger charge is 2.24. The minimum atomic E-state index is -0.364. The molecular weight excluding hydrogens is 390 g/mol. The van der Waals surface area contributed by atoms with Crippen LogP contribution in [-0.4, -0.2) is 50.0 Å². The Hall–Kier alpha value is -2.57. The highest BCUT2D eigenvalue weighted by atomic mass is 35.5. The molecule has 1 fully saturated rings. The second-order valence-electron chi connectivity index (χ2n) is 7.00. The molecular formula is C22H26ClN3O3. The minimum Gasteiger partial charge on any atom is -0.497 e. The van der Waals surface area contributed by atoms with Gasteiger partial charge in [0.15, 0.2) is 0 Å². The van der Waals surface area contributed by atoms with Crippen molar-refractivity contribution in [2.75, 3.05) is 33.3 Å². The van der Waals surface area contributed by atoms with Gasteiger partial charge in [-0.3, -0.25) is 14.5 Å². The first-order valence-corrected chi connectivity index (χ1v) is 10.1. The smallest absolute Gasteiger partial charge is 0.253 e. The molecule has 1 atom stereocenters. The Bertz CT molecular complexity index is 835. The van der Waals surface area contributed by atoms with E-state index in [4.69, 9.17) is 16.3 Å². The molecule has 1 saturated heterocycles. The Balaban J connectivity index is 1.56. The normalized spacial score (nSPS) is 15.0. The molecule has 2 aromatic rings. The third-order valence-corrected chi connectivity index (χ3v) is 5.43. The van der Waals surface area contributed by atoms with E-state index in [-0.39, 0.29) is 24.4 Å². The summed E-state index contributed by atoms with van der Waals surface area (Å²) in [5.74, 6) is 0.209. The molecule has 29 heavy (non-hydrogen) atoms. The summed E-state index contributed by atoms with van der Waals surface area (Å²) in [4.78, 5) is 26.9. The van der Waals surface area contributed by atoms with E-state index in [1.54, 1.807) is 31.4 Å². The lowest BCUT2D eigenvalue weighted by atomic mass is 10.1. The largest absolute Gasteiger partial charge is 0.497 e. The lowest BCUT2D eigenvalue weighted by Gasteiger charge is -2.28. The molecule has 0 radical (unpaired) electrons. The van der Waals surface area contributed by atoms with E-state index >= 15 is 0 Å². The number of ether oxygens (including phenoxy) is 1. The summed E-state index contributed by atoms with van der Waals surface area (Å²) in [5, 5.41) is 5.93. The van der Waals surface area contributed by atoms with Gasteiger partial charge in [0.05, 0.1) is 30.3 Å². The van der Waals surface area contributed by atoms with Crippen molar-refractivity contribution in [3.8, 4) is 5.75 Å². The summed E-state index contributed by atoms with van der Waals surface area (Å²) in [6.45, 7) is 2.40. The number of carbonyl (C=O) groups is 2. The van der Waals surface area contributed by atoms with E-state index in [0.29, 0.717) is 17.1 Å². The van der Waals surface area contributed by atoms with Crippen LogP contribution in [0.3, 0.4) is 0 Å². The van der Waals surface area contributed by atoms with Crippen LogP contribution in [0, 0.1) is 0 Å². The first kappa shape index (κ1) is 21.1. The summed E-state index contributed by atoms with van der Waals surface area (Å²) in [6.07, 6.45) is 2.32. The quantitative estimate of drug-likeness (QED) is 0.695. The number of rotatable bonds is 8. The number of carbonyl (C=O) groups excluding carboxylic acids is 2. The molecule has 0 unspecified atom stereocenters. The molecule has 1 aliphatic heterocycles. The number of benzene rings is 2. The molecule has 3 rings (SSSR count). The van der Waals surface area contributed by atoms with Crippen LogP contribution < -0.4 is 15.4 Å². The van der Waals surface area contributed by atoms with Gasteiger partial charge in [-0.1, -0.05) is 35.9 Å². The van der Waals surface area contributed by atoms with Crippen molar-refractivity contribution in [1.82, 2.24) is 15.5 Å². The third-order valence-electron chi connectivity index (χ3n) is 5.10. The maximum absolute atomic E-state index is 12.3. The molecule has 1 heterocycles. The van der Waals surface area contributed by atoms with Gasteiger partial charge in [0.25, 0.3) is 5.91 Å². The topological polar surface area (TPSA) is 70.7 Å². The van der Waals surface area contributed by atoms with Crippen molar-refractivity contribution in [1.29, 1.82) is 0 Å². The van der Waals surface area contributed by atoms with Crippen LogP contribution in [0.15, 0.2) is 48.5 Å². The van der Waals surface area contributed by atoms with E-state index < -0.39 is 0 Å². The van der Waals surface area contributed by atoms with Gasteiger partial charge in [0, 0.05) is 6.54 Å². The number of methoxy groups -OCH3 is 1. The second kappa shape index (κ2) is 10.3. The molecule has 154 valence electrons. The fraction of sp³-hybridized carbons (Fsp3) is 0.364. The van der Waals surface area contributed by atoms with Crippen LogP contribution >= 0.6 is 11.6 Å². The summed E-state index contributed by atoms with van der Waals surface area (Å²) in [6, 6.07) is 14.8. The van der Waals surface area contributed by atoms with Gasteiger partial charge in [0.1, 0.15) is 5.75 Å². The molecule has 6 nitrogen and oxygen atoms in total. The zero-order valence-corrected chi connectivity index (χ0v) is 17.2. The van der Waals surface area contributed by atoms with E-state index in [1.165, 1.54) is 0 Å². The molecule has 0 aromatic heterocycles. The third kappa shape index (κ3) is 5.71. The minimum absolute atomic E-state index is 0.0895.